The molecule has 0 aromatic rings. The maximum Gasteiger partial charge on any atom is 0.147 e. The maximum absolute atomic E-state index is 9.36. The first kappa shape index (κ1) is 7.49. The summed E-state index contributed by atoms with van der Waals surface area (Å²) >= 11 is 0. The third-order valence-corrected chi connectivity index (χ3v) is 2.45. The van der Waals surface area contributed by atoms with E-state index >= 15 is 0 Å². The summed E-state index contributed by atoms with van der Waals surface area (Å²) in [6.07, 6.45) is 1.11. The third-order valence-electron chi connectivity index (χ3n) is 2.45. The molecule has 11 heavy (non-hydrogen) atoms. The van der Waals surface area contributed by atoms with Crippen LogP contribution in [0.5, 0.6) is 0 Å². The number of rotatable bonds is 0. The van der Waals surface area contributed by atoms with Gasteiger partial charge in [-0.15, -0.1) is 0 Å². The summed E-state index contributed by atoms with van der Waals surface area (Å²) in [4.78, 5) is 0. The lowest BCUT2D eigenvalue weighted by Crippen LogP contribution is -2.47. The van der Waals surface area contributed by atoms with E-state index in [4.69, 9.17) is 15.2 Å². The van der Waals surface area contributed by atoms with Crippen molar-refractivity contribution >= 4 is 0 Å². The van der Waals surface area contributed by atoms with Crippen molar-refractivity contribution in [3.8, 4) is 0 Å². The molecule has 0 amide bonds. The molecule has 3 N–H and O–H groups in total. The molecule has 1 heterocycles. The van der Waals surface area contributed by atoms with Crippen LogP contribution >= 0.6 is 0 Å². The van der Waals surface area contributed by atoms with Crippen molar-refractivity contribution in [3.63, 3.8) is 0 Å². The number of hydrogen-bond acceptors (Lipinski definition) is 4. The van der Waals surface area contributed by atoms with E-state index in [2.05, 4.69) is 0 Å². The van der Waals surface area contributed by atoms with Gasteiger partial charge < -0.3 is 20.3 Å². The molecule has 0 radical (unpaired) electrons. The SMILES string of the molecule is NC1CC2OCOC2CC1O. The fourth-order valence-electron chi connectivity index (χ4n) is 1.71. The van der Waals surface area contributed by atoms with Crippen molar-refractivity contribution in [2.75, 3.05) is 6.79 Å². The van der Waals surface area contributed by atoms with Crippen molar-refractivity contribution in [1.29, 1.82) is 0 Å². The summed E-state index contributed by atoms with van der Waals surface area (Å²) in [7, 11) is 0. The fourth-order valence-corrected chi connectivity index (χ4v) is 1.71. The predicted molar refractivity (Wildman–Crippen MR) is 37.8 cm³/mol. The molecule has 0 aromatic carbocycles. The second-order valence-electron chi connectivity index (χ2n) is 3.23. The predicted octanol–water partition coefficient (Wildman–Crippen LogP) is -0.790. The first-order valence-corrected chi connectivity index (χ1v) is 3.94. The molecule has 1 aliphatic carbocycles. The molecule has 1 saturated heterocycles. The molecular formula is C7H13NO3. The third kappa shape index (κ3) is 1.27. The molecule has 0 bridgehead atoms. The van der Waals surface area contributed by atoms with E-state index in [0.29, 0.717) is 19.6 Å². The Kier molecular flexibility index (Phi) is 1.85. The van der Waals surface area contributed by atoms with Crippen LogP contribution in [0.25, 0.3) is 0 Å². The summed E-state index contributed by atoms with van der Waals surface area (Å²) in [6, 6.07) is -0.141. The summed E-state index contributed by atoms with van der Waals surface area (Å²) < 4.78 is 10.5. The van der Waals surface area contributed by atoms with Crippen LogP contribution in [0, 0.1) is 0 Å². The number of hydrogen-bond donors (Lipinski definition) is 2. The Morgan fingerprint density at radius 1 is 1.18 bits per heavy atom. The van der Waals surface area contributed by atoms with Crippen LogP contribution < -0.4 is 5.73 Å². The van der Waals surface area contributed by atoms with Gasteiger partial charge in [-0.25, -0.2) is 0 Å². The van der Waals surface area contributed by atoms with E-state index in [9.17, 15) is 5.11 Å². The molecule has 2 fully saturated rings. The van der Waals surface area contributed by atoms with Gasteiger partial charge in [0.15, 0.2) is 0 Å². The van der Waals surface area contributed by atoms with Crippen LogP contribution in [0.15, 0.2) is 0 Å². The van der Waals surface area contributed by atoms with Crippen LogP contribution in [0.4, 0.5) is 0 Å². The van der Waals surface area contributed by atoms with Crippen molar-refractivity contribution in [2.45, 2.75) is 37.2 Å². The Morgan fingerprint density at radius 2 is 1.82 bits per heavy atom. The molecule has 0 aromatic heterocycles. The molecular weight excluding hydrogens is 146 g/mol. The zero-order valence-electron chi connectivity index (χ0n) is 6.27. The van der Waals surface area contributed by atoms with Gasteiger partial charge in [0, 0.05) is 12.5 Å². The Balaban J connectivity index is 2.00. The minimum Gasteiger partial charge on any atom is -0.391 e. The van der Waals surface area contributed by atoms with E-state index in [1.807, 2.05) is 0 Å². The van der Waals surface area contributed by atoms with E-state index in [1.165, 1.54) is 0 Å². The van der Waals surface area contributed by atoms with Crippen LogP contribution in [0.1, 0.15) is 12.8 Å². The Labute approximate surface area is 65.3 Å². The van der Waals surface area contributed by atoms with Crippen molar-refractivity contribution < 1.29 is 14.6 Å². The molecule has 1 aliphatic heterocycles. The number of aliphatic hydroxyl groups is 1. The maximum atomic E-state index is 9.36. The Hall–Kier alpha value is -0.160. The molecule has 4 nitrogen and oxygen atoms in total. The molecule has 4 atom stereocenters. The molecule has 0 spiro atoms. The number of ether oxygens (including phenoxy) is 2. The molecule has 64 valence electrons. The van der Waals surface area contributed by atoms with E-state index < -0.39 is 6.10 Å². The molecule has 1 saturated carbocycles. The van der Waals surface area contributed by atoms with Crippen LogP contribution in [-0.2, 0) is 9.47 Å². The normalized spacial score (nSPS) is 50.7. The fraction of sp³-hybridized carbons (Fsp3) is 1.00. The summed E-state index contributed by atoms with van der Waals surface area (Å²) in [6.45, 7) is 0.356. The Bertz CT molecular complexity index is 137. The minimum atomic E-state index is -0.419. The van der Waals surface area contributed by atoms with E-state index in [-0.39, 0.29) is 18.2 Å². The van der Waals surface area contributed by atoms with Gasteiger partial charge in [0.25, 0.3) is 0 Å². The van der Waals surface area contributed by atoms with Crippen molar-refractivity contribution in [1.82, 2.24) is 0 Å². The summed E-state index contributed by atoms with van der Waals surface area (Å²) in [5.74, 6) is 0. The monoisotopic (exact) mass is 159 g/mol. The van der Waals surface area contributed by atoms with Gasteiger partial charge in [-0.2, -0.15) is 0 Å². The number of fused-ring (bicyclic) bond motifs is 1. The van der Waals surface area contributed by atoms with Crippen molar-refractivity contribution in [3.05, 3.63) is 0 Å². The Morgan fingerprint density at radius 3 is 2.55 bits per heavy atom. The van der Waals surface area contributed by atoms with Gasteiger partial charge in [0.05, 0.1) is 18.3 Å². The number of nitrogens with two attached hydrogens (primary N) is 1. The average molecular weight is 159 g/mol. The second kappa shape index (κ2) is 2.71. The van der Waals surface area contributed by atoms with Crippen LogP contribution in [0.3, 0.4) is 0 Å². The lowest BCUT2D eigenvalue weighted by molar-refractivity contribution is 0.0106. The highest BCUT2D eigenvalue weighted by Crippen LogP contribution is 2.27. The first-order chi connectivity index (χ1) is 5.27. The lowest BCUT2D eigenvalue weighted by atomic mass is 9.89. The number of aliphatic hydroxyl groups excluding tert-OH is 1. The quantitative estimate of drug-likeness (QED) is 0.486. The van der Waals surface area contributed by atoms with E-state index in [1.54, 1.807) is 0 Å². The highest BCUT2D eigenvalue weighted by Gasteiger charge is 2.39. The standard InChI is InChI=1S/C7H13NO3/c8-4-1-6-7(2-5(4)9)11-3-10-6/h4-7,9H,1-3,8H2. The molecule has 4 heteroatoms. The van der Waals surface area contributed by atoms with Crippen LogP contribution in [0.2, 0.25) is 0 Å². The van der Waals surface area contributed by atoms with Gasteiger partial charge in [-0.05, 0) is 6.42 Å². The smallest absolute Gasteiger partial charge is 0.147 e. The van der Waals surface area contributed by atoms with E-state index in [0.717, 1.165) is 0 Å². The molecule has 4 unspecified atom stereocenters. The topological polar surface area (TPSA) is 64.7 Å². The zero-order valence-corrected chi connectivity index (χ0v) is 6.27. The zero-order chi connectivity index (χ0) is 7.84. The molecule has 2 aliphatic rings. The first-order valence-electron chi connectivity index (χ1n) is 3.94. The van der Waals surface area contributed by atoms with Gasteiger partial charge in [0.1, 0.15) is 6.79 Å². The second-order valence-corrected chi connectivity index (χ2v) is 3.23. The summed E-state index contributed by atoms with van der Waals surface area (Å²) in [5.41, 5.74) is 5.65. The highest BCUT2D eigenvalue weighted by molar-refractivity contribution is 4.90. The van der Waals surface area contributed by atoms with Gasteiger partial charge in [-0.1, -0.05) is 0 Å². The largest absolute Gasteiger partial charge is 0.391 e. The summed E-state index contributed by atoms with van der Waals surface area (Å²) in [5, 5.41) is 9.36. The molecule has 2 rings (SSSR count). The highest BCUT2D eigenvalue weighted by atomic mass is 16.7. The van der Waals surface area contributed by atoms with Gasteiger partial charge >= 0.3 is 0 Å². The average Bonchev–Trinajstić information content (AvgIpc) is 2.36. The lowest BCUT2D eigenvalue weighted by Gasteiger charge is -2.31. The van der Waals surface area contributed by atoms with Crippen molar-refractivity contribution in [2.24, 2.45) is 5.73 Å². The van der Waals surface area contributed by atoms with Gasteiger partial charge in [0.2, 0.25) is 0 Å². The van der Waals surface area contributed by atoms with Crippen LogP contribution in [-0.4, -0.2) is 36.3 Å². The minimum absolute atomic E-state index is 0.0739. The van der Waals surface area contributed by atoms with Gasteiger partial charge in [-0.3, -0.25) is 0 Å².